The minimum Gasteiger partial charge on any atom is -0.492 e. The number of amides is 2. The molecule has 0 aliphatic heterocycles. The van der Waals surface area contributed by atoms with Crippen LogP contribution in [0.4, 0.5) is 17.5 Å². The molecule has 0 unspecified atom stereocenters. The van der Waals surface area contributed by atoms with Gasteiger partial charge < -0.3 is 49.3 Å². The lowest BCUT2D eigenvalue weighted by atomic mass is 9.84. The van der Waals surface area contributed by atoms with Crippen molar-refractivity contribution in [3.63, 3.8) is 0 Å². The molecular weight excluding hydrogens is 740 g/mol. The maximum atomic E-state index is 12.3. The molecule has 3 rings (SSSR count). The van der Waals surface area contributed by atoms with E-state index in [1.807, 2.05) is 50.1 Å². The Bertz CT molecular complexity index is 1330. The fraction of sp³-hybridized carbons (Fsp3) is 0.639. The van der Waals surface area contributed by atoms with Crippen molar-refractivity contribution in [1.82, 2.24) is 20.2 Å². The van der Waals surface area contributed by atoms with Crippen molar-refractivity contribution < 1.29 is 42.8 Å². The van der Waals surface area contributed by atoms with Crippen molar-refractivity contribution in [2.45, 2.75) is 39.5 Å². The molecule has 15 nitrogen and oxygen atoms in total. The zero-order valence-corrected chi connectivity index (χ0v) is 32.2. The molecule has 3 N–H and O–H groups in total. The van der Waals surface area contributed by atoms with Gasteiger partial charge in [0, 0.05) is 43.9 Å². The average molecular weight is 796 g/mol. The Morgan fingerprint density at radius 3 is 2.08 bits per heavy atom. The number of carbonyl (C=O) groups excluding carboxylic acids is 3. The highest BCUT2D eigenvalue weighted by Gasteiger charge is 2.27. The lowest BCUT2D eigenvalue weighted by Crippen LogP contribution is -2.37. The number of halogens is 1. The highest BCUT2D eigenvalue weighted by atomic mass is 79.9. The first-order chi connectivity index (χ1) is 25.2. The summed E-state index contributed by atoms with van der Waals surface area (Å²) < 4.78 is 33.3. The van der Waals surface area contributed by atoms with E-state index in [1.165, 1.54) is 0 Å². The van der Waals surface area contributed by atoms with E-state index in [1.54, 1.807) is 6.20 Å². The van der Waals surface area contributed by atoms with Crippen LogP contribution in [-0.4, -0.2) is 132 Å². The minimum atomic E-state index is -0.238. The largest absolute Gasteiger partial charge is 0.492 e. The van der Waals surface area contributed by atoms with E-state index in [2.05, 4.69) is 41.8 Å². The van der Waals surface area contributed by atoms with Crippen molar-refractivity contribution in [3.8, 4) is 5.75 Å². The van der Waals surface area contributed by atoms with Gasteiger partial charge in [-0.2, -0.15) is 4.98 Å². The third-order valence-electron chi connectivity index (χ3n) is 7.95. The number of ketones is 1. The molecule has 1 aliphatic rings. The standard InChI is InChI=1S/C36H55BrN6O9/c1-27(2)32(44)25-50-22-20-48-18-16-47-17-19-49-21-23-51-26-33(45)38-13-15-52-30-10-8-29(9-11-30)41-36-40-24-31(37)34(42-36)39-12-5-14-43(3)35(46)28-6-4-7-28/h8-11,24,27-28H,4-7,12-23,25-26H2,1-3H3,(H,38,45)(H2,39,40,41,42). The minimum absolute atomic E-state index is 0.0218. The number of aromatic nitrogens is 2. The number of rotatable bonds is 29. The maximum absolute atomic E-state index is 12.3. The molecule has 2 aromatic rings. The second kappa shape index (κ2) is 25.5. The van der Waals surface area contributed by atoms with E-state index in [4.69, 9.17) is 28.4 Å². The van der Waals surface area contributed by atoms with Gasteiger partial charge in [-0.3, -0.25) is 14.4 Å². The smallest absolute Gasteiger partial charge is 0.246 e. The second-order valence-electron chi connectivity index (χ2n) is 12.5. The number of ether oxygens (including phenoxy) is 6. The Hall–Kier alpha value is -3.41. The van der Waals surface area contributed by atoms with Gasteiger partial charge in [0.25, 0.3) is 0 Å². The monoisotopic (exact) mass is 794 g/mol. The fourth-order valence-corrected chi connectivity index (χ4v) is 4.94. The van der Waals surface area contributed by atoms with Crippen molar-refractivity contribution >= 4 is 51.0 Å². The molecule has 0 bridgehead atoms. The molecule has 1 aromatic carbocycles. The number of hydrogen-bond acceptors (Lipinski definition) is 13. The van der Waals surface area contributed by atoms with Crippen LogP contribution in [0.3, 0.4) is 0 Å². The van der Waals surface area contributed by atoms with E-state index >= 15 is 0 Å². The first kappa shape index (κ1) is 43.0. The third kappa shape index (κ3) is 17.9. The van der Waals surface area contributed by atoms with Crippen LogP contribution >= 0.6 is 15.9 Å². The van der Waals surface area contributed by atoms with Crippen LogP contribution in [-0.2, 0) is 38.1 Å². The van der Waals surface area contributed by atoms with Gasteiger partial charge in [-0.15, -0.1) is 0 Å². The summed E-state index contributed by atoms with van der Waals surface area (Å²) in [5, 5.41) is 9.27. The lowest BCUT2D eigenvalue weighted by Gasteiger charge is -2.29. The number of hydrogen-bond donors (Lipinski definition) is 3. The molecular formula is C36H55BrN6O9. The Morgan fingerprint density at radius 1 is 0.865 bits per heavy atom. The SMILES string of the molecule is CC(C)C(=O)COCCOCCOCCOCCOCC(=O)NCCOc1ccc(Nc2ncc(Br)c(NCCCN(C)C(=O)C3CCC3)n2)cc1. The first-order valence-corrected chi connectivity index (χ1v) is 18.7. The normalized spacial score (nSPS) is 12.7. The lowest BCUT2D eigenvalue weighted by molar-refractivity contribution is -0.136. The number of Topliss-reactive ketones (excluding diaryl/α,β-unsaturated/α-hetero) is 1. The Morgan fingerprint density at radius 2 is 1.48 bits per heavy atom. The Labute approximate surface area is 315 Å². The summed E-state index contributed by atoms with van der Waals surface area (Å²) in [6, 6.07) is 7.36. The summed E-state index contributed by atoms with van der Waals surface area (Å²) in [6.07, 6.45) is 5.67. The predicted molar refractivity (Wildman–Crippen MR) is 200 cm³/mol. The molecule has 0 radical (unpaired) electrons. The summed E-state index contributed by atoms with van der Waals surface area (Å²) in [4.78, 5) is 46.5. The van der Waals surface area contributed by atoms with E-state index in [0.717, 1.165) is 35.8 Å². The van der Waals surface area contributed by atoms with Crippen LogP contribution in [0.25, 0.3) is 0 Å². The van der Waals surface area contributed by atoms with Crippen LogP contribution in [0.1, 0.15) is 39.5 Å². The predicted octanol–water partition coefficient (Wildman–Crippen LogP) is 3.85. The third-order valence-corrected chi connectivity index (χ3v) is 8.53. The average Bonchev–Trinajstić information content (AvgIpc) is 3.11. The molecule has 52 heavy (non-hydrogen) atoms. The van der Waals surface area contributed by atoms with Gasteiger partial charge in [0.15, 0.2) is 5.78 Å². The van der Waals surface area contributed by atoms with Crippen LogP contribution in [0.2, 0.25) is 0 Å². The van der Waals surface area contributed by atoms with Crippen molar-refractivity contribution in [1.29, 1.82) is 0 Å². The van der Waals surface area contributed by atoms with Crippen LogP contribution < -0.4 is 20.7 Å². The summed E-state index contributed by atoms with van der Waals surface area (Å²) >= 11 is 3.50. The molecule has 1 fully saturated rings. The van der Waals surface area contributed by atoms with Gasteiger partial charge >= 0.3 is 0 Å². The van der Waals surface area contributed by atoms with Gasteiger partial charge in [-0.25, -0.2) is 4.98 Å². The van der Waals surface area contributed by atoms with E-state index in [-0.39, 0.29) is 49.3 Å². The van der Waals surface area contributed by atoms with E-state index in [9.17, 15) is 14.4 Å². The molecule has 0 saturated heterocycles. The topological polar surface area (TPSA) is 172 Å². The van der Waals surface area contributed by atoms with Gasteiger partial charge in [0.2, 0.25) is 17.8 Å². The summed E-state index contributed by atoms with van der Waals surface area (Å²) in [5.41, 5.74) is 0.791. The molecule has 1 aromatic heterocycles. The van der Waals surface area contributed by atoms with Gasteiger partial charge in [-0.05, 0) is 59.5 Å². The zero-order valence-electron chi connectivity index (χ0n) is 30.7. The molecule has 0 spiro atoms. The Kier molecular flexibility index (Phi) is 21.1. The van der Waals surface area contributed by atoms with Crippen LogP contribution in [0.5, 0.6) is 5.75 Å². The number of carbonyl (C=O) groups is 3. The van der Waals surface area contributed by atoms with E-state index < -0.39 is 0 Å². The maximum Gasteiger partial charge on any atom is 0.246 e. The van der Waals surface area contributed by atoms with Crippen molar-refractivity contribution in [3.05, 3.63) is 34.9 Å². The first-order valence-electron chi connectivity index (χ1n) is 17.9. The Balaban J connectivity index is 1.15. The molecule has 1 aliphatic carbocycles. The highest BCUT2D eigenvalue weighted by molar-refractivity contribution is 9.10. The van der Waals surface area contributed by atoms with Crippen molar-refractivity contribution in [2.75, 3.05) is 110 Å². The summed E-state index contributed by atoms with van der Waals surface area (Å²) in [6.45, 7) is 8.86. The zero-order chi connectivity index (χ0) is 37.4. The van der Waals surface area contributed by atoms with Crippen molar-refractivity contribution in [2.24, 2.45) is 11.8 Å². The number of nitrogens with zero attached hydrogens (tertiary/aromatic N) is 3. The summed E-state index contributed by atoms with van der Waals surface area (Å²) in [7, 11) is 1.87. The number of benzene rings is 1. The van der Waals surface area contributed by atoms with Gasteiger partial charge in [0.05, 0.1) is 63.9 Å². The molecule has 290 valence electrons. The highest BCUT2D eigenvalue weighted by Crippen LogP contribution is 2.28. The summed E-state index contributed by atoms with van der Waals surface area (Å²) in [5.74, 6) is 2.05. The van der Waals surface area contributed by atoms with Gasteiger partial charge in [-0.1, -0.05) is 20.3 Å². The number of nitrogens with one attached hydrogen (secondary N) is 3. The second-order valence-corrected chi connectivity index (χ2v) is 13.3. The number of anilines is 3. The molecule has 1 saturated carbocycles. The van der Waals surface area contributed by atoms with Crippen LogP contribution in [0.15, 0.2) is 34.9 Å². The fourth-order valence-electron chi connectivity index (χ4n) is 4.61. The van der Waals surface area contributed by atoms with E-state index in [0.29, 0.717) is 90.0 Å². The quantitative estimate of drug-likeness (QED) is 0.102. The molecule has 16 heteroatoms. The molecule has 2 amide bonds. The molecule has 0 atom stereocenters. The van der Waals surface area contributed by atoms with Crippen LogP contribution in [0, 0.1) is 11.8 Å². The van der Waals surface area contributed by atoms with Gasteiger partial charge in [0.1, 0.15) is 31.4 Å². The molecule has 1 heterocycles.